The van der Waals surface area contributed by atoms with E-state index in [0.717, 1.165) is 31.4 Å². The standard InChI is InChI=1S/C18H24F3N3O2/c1-3-8-24(9-15(25)22-11(2)12-4-5-12)10-16(26)23-14-7-6-13(19)17(20)18(14)21/h6-7,11-12H,3-5,8-10H2,1-2H3,(H,22,25)(H,23,26). The Labute approximate surface area is 150 Å². The molecule has 0 saturated heterocycles. The van der Waals surface area contributed by atoms with Crippen molar-refractivity contribution in [2.75, 3.05) is 25.0 Å². The number of hydrogen-bond acceptors (Lipinski definition) is 3. The van der Waals surface area contributed by atoms with Gasteiger partial charge in [0.15, 0.2) is 17.5 Å². The lowest BCUT2D eigenvalue weighted by molar-refractivity contribution is -0.124. The quantitative estimate of drug-likeness (QED) is 0.656. The molecule has 0 radical (unpaired) electrons. The summed E-state index contributed by atoms with van der Waals surface area (Å²) in [7, 11) is 0. The highest BCUT2D eigenvalue weighted by Crippen LogP contribution is 2.32. The van der Waals surface area contributed by atoms with Crippen molar-refractivity contribution < 1.29 is 22.8 Å². The van der Waals surface area contributed by atoms with Crippen molar-refractivity contribution in [2.24, 2.45) is 5.92 Å². The Morgan fingerprint density at radius 2 is 1.81 bits per heavy atom. The highest BCUT2D eigenvalue weighted by Gasteiger charge is 2.29. The average molecular weight is 371 g/mol. The Kier molecular flexibility index (Phi) is 7.02. The van der Waals surface area contributed by atoms with Gasteiger partial charge in [-0.3, -0.25) is 14.5 Å². The van der Waals surface area contributed by atoms with Gasteiger partial charge in [-0.2, -0.15) is 0 Å². The number of benzene rings is 1. The first-order chi connectivity index (χ1) is 12.3. The number of halogens is 3. The smallest absolute Gasteiger partial charge is 0.238 e. The van der Waals surface area contributed by atoms with Crippen LogP contribution >= 0.6 is 0 Å². The third-order valence-corrected chi connectivity index (χ3v) is 4.30. The van der Waals surface area contributed by atoms with Gasteiger partial charge in [0, 0.05) is 6.04 Å². The third-order valence-electron chi connectivity index (χ3n) is 4.30. The van der Waals surface area contributed by atoms with Gasteiger partial charge in [0.2, 0.25) is 11.8 Å². The predicted molar refractivity (Wildman–Crippen MR) is 92.0 cm³/mol. The average Bonchev–Trinajstić information content (AvgIpc) is 3.40. The molecule has 144 valence electrons. The van der Waals surface area contributed by atoms with E-state index in [2.05, 4.69) is 10.6 Å². The molecule has 5 nitrogen and oxygen atoms in total. The monoisotopic (exact) mass is 371 g/mol. The van der Waals surface area contributed by atoms with Gasteiger partial charge in [0.05, 0.1) is 18.8 Å². The van der Waals surface area contributed by atoms with Crippen molar-refractivity contribution in [2.45, 2.75) is 39.2 Å². The Morgan fingerprint density at radius 1 is 1.15 bits per heavy atom. The van der Waals surface area contributed by atoms with E-state index >= 15 is 0 Å². The number of anilines is 1. The summed E-state index contributed by atoms with van der Waals surface area (Å²) in [4.78, 5) is 25.8. The fraction of sp³-hybridized carbons (Fsp3) is 0.556. The lowest BCUT2D eigenvalue weighted by Gasteiger charge is -2.22. The van der Waals surface area contributed by atoms with Gasteiger partial charge in [0.1, 0.15) is 0 Å². The number of amides is 2. The fourth-order valence-corrected chi connectivity index (χ4v) is 2.76. The van der Waals surface area contributed by atoms with E-state index < -0.39 is 29.0 Å². The zero-order valence-electron chi connectivity index (χ0n) is 14.9. The summed E-state index contributed by atoms with van der Waals surface area (Å²) in [6.45, 7) is 4.25. The van der Waals surface area contributed by atoms with Crippen LogP contribution in [-0.4, -0.2) is 42.4 Å². The van der Waals surface area contributed by atoms with E-state index in [9.17, 15) is 22.8 Å². The van der Waals surface area contributed by atoms with E-state index in [-0.39, 0.29) is 25.0 Å². The highest BCUT2D eigenvalue weighted by atomic mass is 19.2. The summed E-state index contributed by atoms with van der Waals surface area (Å²) < 4.78 is 39.8. The first-order valence-corrected chi connectivity index (χ1v) is 8.76. The number of rotatable bonds is 9. The van der Waals surface area contributed by atoms with Gasteiger partial charge in [-0.25, -0.2) is 13.2 Å². The minimum atomic E-state index is -1.64. The van der Waals surface area contributed by atoms with Gasteiger partial charge in [-0.05, 0) is 50.8 Å². The Morgan fingerprint density at radius 3 is 2.42 bits per heavy atom. The lowest BCUT2D eigenvalue weighted by atomic mass is 10.2. The number of nitrogens with one attached hydrogen (secondary N) is 2. The molecule has 0 aromatic heterocycles. The van der Waals surface area contributed by atoms with E-state index in [1.807, 2.05) is 13.8 Å². The van der Waals surface area contributed by atoms with Crippen molar-refractivity contribution in [3.8, 4) is 0 Å². The third kappa shape index (κ3) is 5.72. The van der Waals surface area contributed by atoms with Gasteiger partial charge in [-0.15, -0.1) is 0 Å². The molecule has 2 N–H and O–H groups in total. The maximum absolute atomic E-state index is 13.6. The molecule has 1 saturated carbocycles. The maximum Gasteiger partial charge on any atom is 0.238 e. The second-order valence-corrected chi connectivity index (χ2v) is 6.68. The Bertz CT molecular complexity index is 665. The molecule has 2 amide bonds. The normalized spacial score (nSPS) is 15.0. The van der Waals surface area contributed by atoms with Crippen molar-refractivity contribution in [1.29, 1.82) is 0 Å². The summed E-state index contributed by atoms with van der Waals surface area (Å²) in [5.74, 6) is -4.66. The second kappa shape index (κ2) is 9.02. The first-order valence-electron chi connectivity index (χ1n) is 8.76. The van der Waals surface area contributed by atoms with Crippen LogP contribution < -0.4 is 10.6 Å². The van der Waals surface area contributed by atoms with E-state index in [1.54, 1.807) is 4.90 Å². The zero-order chi connectivity index (χ0) is 19.3. The molecular weight excluding hydrogens is 347 g/mol. The van der Waals surface area contributed by atoms with Gasteiger partial charge in [0.25, 0.3) is 0 Å². The van der Waals surface area contributed by atoms with Crippen LogP contribution in [0.5, 0.6) is 0 Å². The number of carbonyl (C=O) groups is 2. The van der Waals surface area contributed by atoms with Crippen LogP contribution in [0.25, 0.3) is 0 Å². The molecule has 1 aromatic rings. The van der Waals surface area contributed by atoms with Crippen molar-refractivity contribution >= 4 is 17.5 Å². The maximum atomic E-state index is 13.6. The summed E-state index contributed by atoms with van der Waals surface area (Å²) in [6.07, 6.45) is 2.95. The molecule has 0 heterocycles. The molecule has 1 unspecified atom stereocenters. The lowest BCUT2D eigenvalue weighted by Crippen LogP contribution is -2.44. The van der Waals surface area contributed by atoms with Crippen LogP contribution in [0.1, 0.15) is 33.1 Å². The number of nitrogens with zero attached hydrogens (tertiary/aromatic N) is 1. The van der Waals surface area contributed by atoms with Gasteiger partial charge in [-0.1, -0.05) is 6.92 Å². The van der Waals surface area contributed by atoms with Gasteiger partial charge < -0.3 is 10.6 Å². The summed E-state index contributed by atoms with van der Waals surface area (Å²) in [6, 6.07) is 1.81. The molecule has 2 rings (SSSR count). The van der Waals surface area contributed by atoms with Crippen LogP contribution in [0.3, 0.4) is 0 Å². The van der Waals surface area contributed by atoms with Crippen LogP contribution in [0.15, 0.2) is 12.1 Å². The second-order valence-electron chi connectivity index (χ2n) is 6.68. The fourth-order valence-electron chi connectivity index (χ4n) is 2.76. The van der Waals surface area contributed by atoms with Crippen molar-refractivity contribution in [3.63, 3.8) is 0 Å². The van der Waals surface area contributed by atoms with Crippen LogP contribution in [0.4, 0.5) is 18.9 Å². The summed E-state index contributed by atoms with van der Waals surface area (Å²) in [5, 5.41) is 5.13. The Hall–Kier alpha value is -2.09. The first kappa shape index (κ1) is 20.2. The summed E-state index contributed by atoms with van der Waals surface area (Å²) in [5.41, 5.74) is -0.433. The molecule has 8 heteroatoms. The minimum Gasteiger partial charge on any atom is -0.352 e. The van der Waals surface area contributed by atoms with Crippen LogP contribution in [0, 0.1) is 23.4 Å². The number of hydrogen-bond donors (Lipinski definition) is 2. The zero-order valence-corrected chi connectivity index (χ0v) is 14.9. The topological polar surface area (TPSA) is 61.4 Å². The molecule has 1 fully saturated rings. The minimum absolute atomic E-state index is 0.0403. The molecule has 1 aliphatic carbocycles. The SMILES string of the molecule is CCCN(CC(=O)Nc1ccc(F)c(F)c1F)CC(=O)NC(C)C1CC1. The predicted octanol–water partition coefficient (Wildman–Crippen LogP) is 2.67. The molecule has 0 bridgehead atoms. The summed E-state index contributed by atoms with van der Waals surface area (Å²) >= 11 is 0. The van der Waals surface area contributed by atoms with E-state index in [1.165, 1.54) is 0 Å². The van der Waals surface area contributed by atoms with Crippen molar-refractivity contribution in [3.05, 3.63) is 29.6 Å². The molecule has 1 aromatic carbocycles. The Balaban J connectivity index is 1.90. The molecule has 1 aliphatic rings. The van der Waals surface area contributed by atoms with Gasteiger partial charge >= 0.3 is 0 Å². The molecule has 1 atom stereocenters. The van der Waals surface area contributed by atoms with E-state index in [0.29, 0.717) is 12.5 Å². The number of carbonyl (C=O) groups excluding carboxylic acids is 2. The van der Waals surface area contributed by atoms with Crippen molar-refractivity contribution in [1.82, 2.24) is 10.2 Å². The molecule has 0 aliphatic heterocycles. The van der Waals surface area contributed by atoms with Crippen LogP contribution in [-0.2, 0) is 9.59 Å². The highest BCUT2D eigenvalue weighted by molar-refractivity contribution is 5.92. The molecule has 0 spiro atoms. The largest absolute Gasteiger partial charge is 0.352 e. The van der Waals surface area contributed by atoms with E-state index in [4.69, 9.17) is 0 Å². The molecular formula is C18H24F3N3O2. The molecule has 26 heavy (non-hydrogen) atoms. The van der Waals surface area contributed by atoms with Crippen LogP contribution in [0.2, 0.25) is 0 Å².